The Morgan fingerprint density at radius 1 is 1.11 bits per heavy atom. The zero-order valence-corrected chi connectivity index (χ0v) is 20.7. The highest BCUT2D eigenvalue weighted by molar-refractivity contribution is 7.17. The average Bonchev–Trinajstić information content (AvgIpc) is 3.36. The Labute approximate surface area is 215 Å². The number of rotatable bonds is 5. The molecule has 11 heteroatoms. The van der Waals surface area contributed by atoms with Crippen LogP contribution < -0.4 is 15.6 Å². The van der Waals surface area contributed by atoms with Crippen LogP contribution in [0.15, 0.2) is 59.0 Å². The van der Waals surface area contributed by atoms with Crippen LogP contribution in [0.5, 0.6) is 0 Å². The Bertz CT molecular complexity index is 1400. The molecular formula is C24H20Cl2N6O2S. The minimum absolute atomic E-state index is 0.342. The molecule has 0 atom stereocenters. The molecule has 4 aromatic rings. The number of halogens is 2. The van der Waals surface area contributed by atoms with Gasteiger partial charge in [-0.2, -0.15) is 10.1 Å². The summed E-state index contributed by atoms with van der Waals surface area (Å²) in [6.45, 7) is 2.91. The molecular weight excluding hydrogens is 507 g/mol. The van der Waals surface area contributed by atoms with E-state index in [-0.39, 0.29) is 0 Å². The van der Waals surface area contributed by atoms with Crippen molar-refractivity contribution >= 4 is 68.5 Å². The van der Waals surface area contributed by atoms with Gasteiger partial charge in [0.1, 0.15) is 0 Å². The monoisotopic (exact) mass is 526 g/mol. The van der Waals surface area contributed by atoms with E-state index in [0.29, 0.717) is 40.3 Å². The number of nitrogens with two attached hydrogens (primary N) is 1. The van der Waals surface area contributed by atoms with Crippen molar-refractivity contribution in [3.8, 4) is 11.4 Å². The lowest BCUT2D eigenvalue weighted by Gasteiger charge is -2.28. The number of carbonyl (C=O) groups is 1. The fourth-order valence-corrected chi connectivity index (χ4v) is 4.91. The molecule has 3 heterocycles. The van der Waals surface area contributed by atoms with Crippen LogP contribution in [0, 0.1) is 0 Å². The molecule has 1 saturated heterocycles. The number of aromatic nitrogens is 2. The smallest absolute Gasteiger partial charge is 0.340 e. The van der Waals surface area contributed by atoms with Gasteiger partial charge in [-0.05, 0) is 41.8 Å². The summed E-state index contributed by atoms with van der Waals surface area (Å²) in [5, 5.41) is 8.06. The Morgan fingerprint density at radius 3 is 2.63 bits per heavy atom. The first kappa shape index (κ1) is 23.5. The van der Waals surface area contributed by atoms with Crippen molar-refractivity contribution in [2.75, 3.05) is 36.2 Å². The minimum atomic E-state index is -0.738. The number of carbonyl (C=O) groups excluding carboxylic acids is 1. The summed E-state index contributed by atoms with van der Waals surface area (Å²) >= 11 is 13.9. The van der Waals surface area contributed by atoms with E-state index in [2.05, 4.69) is 10.0 Å². The van der Waals surface area contributed by atoms with Crippen molar-refractivity contribution in [1.82, 2.24) is 9.97 Å². The molecule has 35 heavy (non-hydrogen) atoms. The molecule has 2 aromatic heterocycles. The molecule has 0 unspecified atom stereocenters. The average molecular weight is 527 g/mol. The van der Waals surface area contributed by atoms with Gasteiger partial charge in [0.05, 0.1) is 45.4 Å². The number of hydrazone groups is 1. The quantitative estimate of drug-likeness (QED) is 0.276. The third kappa shape index (κ3) is 4.94. The van der Waals surface area contributed by atoms with Gasteiger partial charge in [-0.1, -0.05) is 35.3 Å². The number of primary amides is 1. The number of thiophene rings is 1. The fraction of sp³-hybridized carbons (Fsp3) is 0.167. The van der Waals surface area contributed by atoms with Gasteiger partial charge in [0, 0.05) is 24.2 Å². The largest absolute Gasteiger partial charge is 0.378 e. The molecule has 178 valence electrons. The number of hydrogen-bond donors (Lipinski definition) is 1. The molecule has 8 nitrogen and oxygen atoms in total. The normalized spacial score (nSPS) is 14.1. The summed E-state index contributed by atoms with van der Waals surface area (Å²) in [4.78, 5) is 24.0. The maximum atomic E-state index is 12.1. The van der Waals surface area contributed by atoms with Crippen LogP contribution in [0.2, 0.25) is 10.0 Å². The number of ether oxygens (including phenoxy) is 1. The van der Waals surface area contributed by atoms with Gasteiger partial charge in [0.25, 0.3) is 0 Å². The Morgan fingerprint density at radius 2 is 1.89 bits per heavy atom. The van der Waals surface area contributed by atoms with Gasteiger partial charge in [-0.15, -0.1) is 11.3 Å². The molecule has 0 spiro atoms. The van der Waals surface area contributed by atoms with Crippen LogP contribution in [0.4, 0.5) is 16.3 Å². The molecule has 5 rings (SSSR count). The van der Waals surface area contributed by atoms with E-state index >= 15 is 0 Å². The Hall–Kier alpha value is -3.24. The Balaban J connectivity index is 1.45. The number of hydrogen-bond acceptors (Lipinski definition) is 7. The fourth-order valence-electron chi connectivity index (χ4n) is 3.71. The van der Waals surface area contributed by atoms with E-state index in [4.69, 9.17) is 43.6 Å². The lowest BCUT2D eigenvalue weighted by molar-refractivity contribution is 0.122. The van der Waals surface area contributed by atoms with Gasteiger partial charge in [-0.3, -0.25) is 0 Å². The van der Waals surface area contributed by atoms with Crippen molar-refractivity contribution in [2.45, 2.75) is 0 Å². The molecule has 2 amide bonds. The predicted molar refractivity (Wildman–Crippen MR) is 142 cm³/mol. The summed E-state index contributed by atoms with van der Waals surface area (Å²) in [7, 11) is 0. The second-order valence-electron chi connectivity index (χ2n) is 7.69. The Kier molecular flexibility index (Phi) is 6.83. The van der Waals surface area contributed by atoms with E-state index in [0.717, 1.165) is 39.7 Å². The highest BCUT2D eigenvalue weighted by atomic mass is 35.5. The number of urea groups is 1. The second kappa shape index (κ2) is 10.2. The van der Waals surface area contributed by atoms with Crippen molar-refractivity contribution in [1.29, 1.82) is 0 Å². The van der Waals surface area contributed by atoms with Gasteiger partial charge in [0.15, 0.2) is 11.6 Å². The number of amides is 2. The summed E-state index contributed by atoms with van der Waals surface area (Å²) < 4.78 is 6.55. The van der Waals surface area contributed by atoms with Crippen LogP contribution >= 0.6 is 34.5 Å². The number of morpholine rings is 1. The van der Waals surface area contributed by atoms with Crippen molar-refractivity contribution < 1.29 is 9.53 Å². The first-order chi connectivity index (χ1) is 17.0. The molecule has 0 saturated carbocycles. The molecule has 1 aliphatic heterocycles. The van der Waals surface area contributed by atoms with Crippen molar-refractivity contribution in [2.24, 2.45) is 10.8 Å². The molecule has 0 radical (unpaired) electrons. The van der Waals surface area contributed by atoms with E-state index in [1.165, 1.54) is 6.21 Å². The SMILES string of the molecule is NC(=O)N(/N=C/c1cccc(Cl)c1Cl)c1ccc(-c2nc(N3CCOCC3)c3sccc3n2)cc1. The van der Waals surface area contributed by atoms with E-state index < -0.39 is 6.03 Å². The summed E-state index contributed by atoms with van der Waals surface area (Å²) in [6.07, 6.45) is 1.44. The maximum Gasteiger partial charge on any atom is 0.340 e. The molecule has 0 bridgehead atoms. The number of benzene rings is 2. The van der Waals surface area contributed by atoms with E-state index in [9.17, 15) is 4.79 Å². The standard InChI is InChI=1S/C24H20Cl2N6O2S/c25-18-3-1-2-16(20(18)26)14-28-32(24(27)33)17-6-4-15(5-7-17)22-29-19-8-13-35-21(19)23(30-22)31-9-11-34-12-10-31/h1-8,13-14H,9-12H2,(H2,27,33)/b28-14+. The van der Waals surface area contributed by atoms with Crippen molar-refractivity contribution in [3.05, 3.63) is 69.5 Å². The molecule has 0 aliphatic carbocycles. The summed E-state index contributed by atoms with van der Waals surface area (Å²) in [5.41, 5.74) is 8.33. The van der Waals surface area contributed by atoms with Crippen LogP contribution in [0.3, 0.4) is 0 Å². The highest BCUT2D eigenvalue weighted by Crippen LogP contribution is 2.32. The van der Waals surface area contributed by atoms with Crippen LogP contribution in [-0.4, -0.2) is 48.5 Å². The number of nitrogens with zero attached hydrogens (tertiary/aromatic N) is 5. The van der Waals surface area contributed by atoms with E-state index in [1.54, 1.807) is 41.7 Å². The lowest BCUT2D eigenvalue weighted by atomic mass is 10.2. The molecule has 2 aromatic carbocycles. The predicted octanol–water partition coefficient (Wildman–Crippen LogP) is 5.42. The summed E-state index contributed by atoms with van der Waals surface area (Å²) in [5.74, 6) is 1.51. The van der Waals surface area contributed by atoms with Crippen molar-refractivity contribution in [3.63, 3.8) is 0 Å². The minimum Gasteiger partial charge on any atom is -0.378 e. The topological polar surface area (TPSA) is 96.9 Å². The first-order valence-electron chi connectivity index (χ1n) is 10.8. The molecule has 2 N–H and O–H groups in total. The molecule has 1 aliphatic rings. The second-order valence-corrected chi connectivity index (χ2v) is 9.39. The zero-order chi connectivity index (χ0) is 24.4. The number of anilines is 2. The molecule has 1 fully saturated rings. The summed E-state index contributed by atoms with van der Waals surface area (Å²) in [6, 6.07) is 13.6. The number of fused-ring (bicyclic) bond motifs is 1. The zero-order valence-electron chi connectivity index (χ0n) is 18.4. The third-order valence-corrected chi connectivity index (χ3v) is 7.20. The maximum absolute atomic E-state index is 12.1. The van der Waals surface area contributed by atoms with Crippen LogP contribution in [0.25, 0.3) is 21.6 Å². The van der Waals surface area contributed by atoms with Gasteiger partial charge >= 0.3 is 6.03 Å². The van der Waals surface area contributed by atoms with Crippen LogP contribution in [0.1, 0.15) is 5.56 Å². The van der Waals surface area contributed by atoms with E-state index in [1.807, 2.05) is 23.6 Å². The van der Waals surface area contributed by atoms with Gasteiger partial charge in [-0.25, -0.2) is 14.8 Å². The first-order valence-corrected chi connectivity index (χ1v) is 12.4. The third-order valence-electron chi connectivity index (χ3n) is 5.47. The van der Waals surface area contributed by atoms with Crippen LogP contribution in [-0.2, 0) is 4.74 Å². The van der Waals surface area contributed by atoms with Gasteiger partial charge < -0.3 is 15.4 Å². The highest BCUT2D eigenvalue weighted by Gasteiger charge is 2.19. The van der Waals surface area contributed by atoms with Gasteiger partial charge in [0.2, 0.25) is 0 Å². The lowest BCUT2D eigenvalue weighted by Crippen LogP contribution is -2.36.